The molecule has 3 atom stereocenters. The molecule has 2 heterocycles. The molecule has 0 amide bonds. The Morgan fingerprint density at radius 1 is 1.29 bits per heavy atom. The smallest absolute Gasteiger partial charge is 0.392 e. The summed E-state index contributed by atoms with van der Waals surface area (Å²) in [5, 5.41) is 14.9. The standard InChI is InChI=1S/C21H29F3N4O.C4H10O/c1-6-18(16-7-8-20(26-13-16)29-10-9-21(22,23)24)27-15(3)17-11-14(2)28(5)19(12-17)25-4;1-4(2)3-5/h6-8,11-15,18,25,27H,1,9-10H2,2-5H3;4-5H,3H2,1-2H3. The van der Waals surface area contributed by atoms with Gasteiger partial charge >= 0.3 is 6.18 Å². The third-order valence-corrected chi connectivity index (χ3v) is 5.27. The third kappa shape index (κ3) is 10.2. The minimum atomic E-state index is -4.24. The number of nitrogens with one attached hydrogen (secondary N) is 2. The first-order valence-electron chi connectivity index (χ1n) is 11.4. The lowest BCUT2D eigenvalue weighted by molar-refractivity contribution is -0.139. The Balaban J connectivity index is 0.00000104. The predicted octanol–water partition coefficient (Wildman–Crippen LogP) is 4.57. The molecule has 3 unspecified atom stereocenters. The van der Waals surface area contributed by atoms with E-state index < -0.39 is 19.2 Å². The van der Waals surface area contributed by atoms with Crippen molar-refractivity contribution in [3.05, 3.63) is 60.1 Å². The highest BCUT2D eigenvalue weighted by Crippen LogP contribution is 2.23. The van der Waals surface area contributed by atoms with Crippen LogP contribution >= 0.6 is 0 Å². The van der Waals surface area contributed by atoms with Crippen LogP contribution in [0.2, 0.25) is 0 Å². The number of nitrogens with zero attached hydrogens (tertiary/aromatic N) is 2. The second kappa shape index (κ2) is 14.0. The molecule has 3 N–H and O–H groups in total. The molecular formula is C25H39F3N4O2. The molecule has 6 nitrogen and oxygen atoms in total. The van der Waals surface area contributed by atoms with Crippen molar-refractivity contribution >= 4 is 0 Å². The fourth-order valence-electron chi connectivity index (χ4n) is 3.03. The van der Waals surface area contributed by atoms with Gasteiger partial charge in [-0.25, -0.2) is 4.98 Å². The Morgan fingerprint density at radius 2 is 1.94 bits per heavy atom. The average molecular weight is 485 g/mol. The van der Waals surface area contributed by atoms with E-state index in [1.54, 1.807) is 24.4 Å². The summed E-state index contributed by atoms with van der Waals surface area (Å²) in [7, 11) is 3.93. The predicted molar refractivity (Wildman–Crippen MR) is 130 cm³/mol. The van der Waals surface area contributed by atoms with Gasteiger partial charge in [0.1, 0.15) is 5.82 Å². The van der Waals surface area contributed by atoms with E-state index in [4.69, 9.17) is 9.84 Å². The van der Waals surface area contributed by atoms with Crippen molar-refractivity contribution in [2.24, 2.45) is 5.92 Å². The fourth-order valence-corrected chi connectivity index (χ4v) is 3.03. The zero-order chi connectivity index (χ0) is 25.9. The number of rotatable bonds is 10. The zero-order valence-electron chi connectivity index (χ0n) is 21.0. The number of halogens is 3. The molecule has 2 rings (SSSR count). The van der Waals surface area contributed by atoms with E-state index in [0.29, 0.717) is 12.5 Å². The van der Waals surface area contributed by atoms with E-state index >= 15 is 0 Å². The Labute approximate surface area is 201 Å². The van der Waals surface area contributed by atoms with Crippen LogP contribution in [-0.4, -0.2) is 60.6 Å². The molecule has 0 aliphatic carbocycles. The largest absolute Gasteiger partial charge is 0.477 e. The summed E-state index contributed by atoms with van der Waals surface area (Å²) < 4.78 is 41.7. The van der Waals surface area contributed by atoms with Gasteiger partial charge in [-0.05, 0) is 37.0 Å². The number of hydrogen-bond donors (Lipinski definition) is 3. The van der Waals surface area contributed by atoms with Crippen LogP contribution in [0.4, 0.5) is 13.2 Å². The van der Waals surface area contributed by atoms with Gasteiger partial charge in [-0.15, -0.1) is 6.58 Å². The van der Waals surface area contributed by atoms with E-state index in [2.05, 4.69) is 53.1 Å². The summed E-state index contributed by atoms with van der Waals surface area (Å²) in [6.45, 7) is 11.9. The summed E-state index contributed by atoms with van der Waals surface area (Å²) in [5.41, 5.74) is 2.02. The normalized spacial score (nSPS) is 17.7. The number of pyridine rings is 1. The monoisotopic (exact) mass is 484 g/mol. The van der Waals surface area contributed by atoms with Crippen molar-refractivity contribution in [1.82, 2.24) is 20.5 Å². The Bertz CT molecular complexity index is 807. The lowest BCUT2D eigenvalue weighted by Crippen LogP contribution is -2.39. The Kier molecular flexibility index (Phi) is 12.2. The van der Waals surface area contributed by atoms with Crippen LogP contribution in [0.1, 0.15) is 45.7 Å². The van der Waals surface area contributed by atoms with Gasteiger partial charge in [0, 0.05) is 45.0 Å². The number of aromatic nitrogens is 1. The van der Waals surface area contributed by atoms with Gasteiger partial charge in [-0.3, -0.25) is 0 Å². The molecular weight excluding hydrogens is 445 g/mol. The van der Waals surface area contributed by atoms with Crippen molar-refractivity contribution < 1.29 is 23.0 Å². The highest BCUT2D eigenvalue weighted by atomic mass is 19.4. The van der Waals surface area contributed by atoms with E-state index in [1.807, 2.05) is 27.9 Å². The van der Waals surface area contributed by atoms with Crippen LogP contribution in [0.5, 0.6) is 5.88 Å². The van der Waals surface area contributed by atoms with Crippen LogP contribution in [0.15, 0.2) is 54.5 Å². The Morgan fingerprint density at radius 3 is 2.41 bits per heavy atom. The molecule has 0 saturated heterocycles. The van der Waals surface area contributed by atoms with Crippen LogP contribution in [0.25, 0.3) is 0 Å². The second-order valence-corrected chi connectivity index (χ2v) is 8.62. The molecule has 1 aliphatic heterocycles. The van der Waals surface area contributed by atoms with Gasteiger partial charge in [0.25, 0.3) is 0 Å². The molecule has 0 aromatic carbocycles. The first-order valence-corrected chi connectivity index (χ1v) is 11.4. The lowest BCUT2D eigenvalue weighted by atomic mass is 9.99. The topological polar surface area (TPSA) is 69.7 Å². The SMILES string of the molecule is C=CC(NC(C)C1=CC(C)N(C)C(NC)=C1)c1ccc(OCCC(F)(F)F)nc1.CC(C)CO. The molecule has 0 bridgehead atoms. The second-order valence-electron chi connectivity index (χ2n) is 8.62. The maximum atomic E-state index is 12.2. The van der Waals surface area contributed by atoms with Crippen LogP contribution in [0.3, 0.4) is 0 Å². The van der Waals surface area contributed by atoms with Crippen LogP contribution in [-0.2, 0) is 0 Å². The zero-order valence-corrected chi connectivity index (χ0v) is 21.0. The summed E-state index contributed by atoms with van der Waals surface area (Å²) in [4.78, 5) is 6.27. The first kappa shape index (κ1) is 29.5. The number of ether oxygens (including phenoxy) is 1. The highest BCUT2D eigenvalue weighted by Gasteiger charge is 2.27. The van der Waals surface area contributed by atoms with E-state index in [9.17, 15) is 13.2 Å². The highest BCUT2D eigenvalue weighted by molar-refractivity contribution is 5.33. The van der Waals surface area contributed by atoms with Gasteiger partial charge in [0.05, 0.1) is 19.1 Å². The van der Waals surface area contributed by atoms with Crippen LogP contribution in [0, 0.1) is 5.92 Å². The van der Waals surface area contributed by atoms with E-state index in [1.165, 1.54) is 0 Å². The average Bonchev–Trinajstić information content (AvgIpc) is 2.79. The van der Waals surface area contributed by atoms with Crippen molar-refractivity contribution in [1.29, 1.82) is 0 Å². The maximum Gasteiger partial charge on any atom is 0.392 e. The van der Waals surface area contributed by atoms with Crippen molar-refractivity contribution in [2.45, 2.75) is 58.4 Å². The minimum Gasteiger partial charge on any atom is -0.477 e. The molecule has 0 spiro atoms. The number of aliphatic hydroxyl groups is 1. The van der Waals surface area contributed by atoms with Crippen molar-refractivity contribution in [3.8, 4) is 5.88 Å². The lowest BCUT2D eigenvalue weighted by Gasteiger charge is -2.33. The fraction of sp³-hybridized carbons (Fsp3) is 0.560. The third-order valence-electron chi connectivity index (χ3n) is 5.27. The number of alkyl halides is 3. The number of likely N-dealkylation sites (N-methyl/N-ethyl adjacent to an activating group) is 1. The molecule has 1 aromatic rings. The Hall–Kier alpha value is -2.52. The van der Waals surface area contributed by atoms with E-state index in [-0.39, 0.29) is 24.0 Å². The summed E-state index contributed by atoms with van der Waals surface area (Å²) >= 11 is 0. The minimum absolute atomic E-state index is 0.0558. The van der Waals surface area contributed by atoms with Crippen LogP contribution < -0.4 is 15.4 Å². The summed E-state index contributed by atoms with van der Waals surface area (Å²) in [6, 6.07) is 3.51. The van der Waals surface area contributed by atoms with Gasteiger partial charge in [-0.1, -0.05) is 32.1 Å². The number of aliphatic hydroxyl groups excluding tert-OH is 1. The van der Waals surface area contributed by atoms with Gasteiger partial charge < -0.3 is 25.4 Å². The molecule has 34 heavy (non-hydrogen) atoms. The molecule has 0 fully saturated rings. The number of hydrogen-bond acceptors (Lipinski definition) is 6. The van der Waals surface area contributed by atoms with Crippen molar-refractivity contribution in [3.63, 3.8) is 0 Å². The molecule has 0 radical (unpaired) electrons. The maximum absolute atomic E-state index is 12.2. The molecule has 192 valence electrons. The molecule has 1 aromatic heterocycles. The molecule has 0 saturated carbocycles. The van der Waals surface area contributed by atoms with Gasteiger partial charge in [0.15, 0.2) is 0 Å². The quantitative estimate of drug-likeness (QED) is 0.423. The van der Waals surface area contributed by atoms with Gasteiger partial charge in [-0.2, -0.15) is 13.2 Å². The van der Waals surface area contributed by atoms with E-state index in [0.717, 1.165) is 17.0 Å². The molecule has 1 aliphatic rings. The van der Waals surface area contributed by atoms with Crippen molar-refractivity contribution in [2.75, 3.05) is 27.3 Å². The summed E-state index contributed by atoms with van der Waals surface area (Å²) in [6.07, 6.45) is 2.43. The first-order chi connectivity index (χ1) is 15.9. The van der Waals surface area contributed by atoms with Gasteiger partial charge in [0.2, 0.25) is 5.88 Å². The summed E-state index contributed by atoms with van der Waals surface area (Å²) in [5.74, 6) is 1.65. The molecule has 9 heteroatoms.